The Bertz CT molecular complexity index is 394. The highest BCUT2D eigenvalue weighted by Crippen LogP contribution is 2.16. The van der Waals surface area contributed by atoms with E-state index < -0.39 is 5.97 Å². The predicted molar refractivity (Wildman–Crippen MR) is 70.4 cm³/mol. The third-order valence-corrected chi connectivity index (χ3v) is 3.45. The zero-order valence-corrected chi connectivity index (χ0v) is 10.7. The zero-order chi connectivity index (χ0) is 13.0. The minimum Gasteiger partial charge on any atom is -0.480 e. The Morgan fingerprint density at radius 3 is 2.72 bits per heavy atom. The van der Waals surface area contributed by atoms with Gasteiger partial charge in [-0.3, -0.25) is 9.69 Å². The maximum Gasteiger partial charge on any atom is 0.317 e. The highest BCUT2D eigenvalue weighted by atomic mass is 16.4. The number of nitrogens with zero attached hydrogens (tertiary/aromatic N) is 2. The summed E-state index contributed by atoms with van der Waals surface area (Å²) in [5.74, 6) is -0.750. The fourth-order valence-electron chi connectivity index (χ4n) is 2.52. The fourth-order valence-corrected chi connectivity index (χ4v) is 2.52. The molecule has 1 unspecified atom stereocenters. The molecule has 1 atom stereocenters. The second-order valence-electron chi connectivity index (χ2n) is 4.99. The van der Waals surface area contributed by atoms with E-state index in [2.05, 4.69) is 16.8 Å². The van der Waals surface area contributed by atoms with Gasteiger partial charge in [-0.05, 0) is 25.6 Å². The summed E-state index contributed by atoms with van der Waals surface area (Å²) in [7, 11) is 2.08. The summed E-state index contributed by atoms with van der Waals surface area (Å²) in [6.07, 6.45) is 1.05. The van der Waals surface area contributed by atoms with E-state index in [1.54, 1.807) is 0 Å². The molecule has 4 nitrogen and oxygen atoms in total. The van der Waals surface area contributed by atoms with Gasteiger partial charge in [0.25, 0.3) is 0 Å². The molecule has 0 amide bonds. The molecule has 2 rings (SSSR count). The first kappa shape index (κ1) is 13.1. The number of rotatable bonds is 5. The minimum absolute atomic E-state index is 0.118. The molecule has 0 aromatic heterocycles. The Morgan fingerprint density at radius 1 is 1.44 bits per heavy atom. The van der Waals surface area contributed by atoms with Crippen LogP contribution in [-0.2, 0) is 11.3 Å². The molecule has 1 heterocycles. The van der Waals surface area contributed by atoms with Gasteiger partial charge in [0, 0.05) is 19.1 Å². The Balaban J connectivity index is 2.03. The average molecular weight is 248 g/mol. The van der Waals surface area contributed by atoms with Crippen molar-refractivity contribution < 1.29 is 9.90 Å². The number of carboxylic acid groups (broad SMARTS) is 1. The molecule has 98 valence electrons. The Hall–Kier alpha value is -1.39. The predicted octanol–water partition coefficient (Wildman–Crippen LogP) is 1.28. The molecule has 1 fully saturated rings. The normalized spacial score (nSPS) is 20.4. The third-order valence-electron chi connectivity index (χ3n) is 3.45. The molecule has 0 radical (unpaired) electrons. The molecular formula is C14H20N2O2. The van der Waals surface area contributed by atoms with Gasteiger partial charge < -0.3 is 10.0 Å². The van der Waals surface area contributed by atoms with E-state index in [1.807, 2.05) is 30.3 Å². The molecule has 0 spiro atoms. The fraction of sp³-hybridized carbons (Fsp3) is 0.500. The standard InChI is InChI=1S/C14H20N2O2/c1-15-8-7-13(10-15)16(11-14(17)18)9-12-5-3-2-4-6-12/h2-6,13H,7-11H2,1H3,(H,17,18). The Kier molecular flexibility index (Phi) is 4.33. The van der Waals surface area contributed by atoms with E-state index in [1.165, 1.54) is 5.56 Å². The van der Waals surface area contributed by atoms with Gasteiger partial charge in [0.15, 0.2) is 0 Å². The largest absolute Gasteiger partial charge is 0.480 e. The maximum absolute atomic E-state index is 11.0. The van der Waals surface area contributed by atoms with Crippen molar-refractivity contribution in [3.63, 3.8) is 0 Å². The van der Waals surface area contributed by atoms with Gasteiger partial charge in [0.1, 0.15) is 0 Å². The molecule has 1 aromatic carbocycles. The number of benzene rings is 1. The van der Waals surface area contributed by atoms with Gasteiger partial charge in [-0.15, -0.1) is 0 Å². The number of aliphatic carboxylic acids is 1. The van der Waals surface area contributed by atoms with Crippen LogP contribution >= 0.6 is 0 Å². The van der Waals surface area contributed by atoms with Gasteiger partial charge in [-0.25, -0.2) is 0 Å². The molecule has 18 heavy (non-hydrogen) atoms. The van der Waals surface area contributed by atoms with Crippen LogP contribution in [0.5, 0.6) is 0 Å². The van der Waals surface area contributed by atoms with Crippen LogP contribution < -0.4 is 0 Å². The van der Waals surface area contributed by atoms with Gasteiger partial charge >= 0.3 is 5.97 Å². The van der Waals surface area contributed by atoms with Crippen molar-refractivity contribution in [2.75, 3.05) is 26.7 Å². The molecule has 0 aliphatic carbocycles. The van der Waals surface area contributed by atoms with E-state index in [9.17, 15) is 4.79 Å². The summed E-state index contributed by atoms with van der Waals surface area (Å²) < 4.78 is 0. The van der Waals surface area contributed by atoms with Crippen LogP contribution in [0.4, 0.5) is 0 Å². The van der Waals surface area contributed by atoms with Crippen molar-refractivity contribution in [3.05, 3.63) is 35.9 Å². The smallest absolute Gasteiger partial charge is 0.317 e. The van der Waals surface area contributed by atoms with Crippen LogP contribution in [0.3, 0.4) is 0 Å². The molecule has 0 saturated carbocycles. The number of carbonyl (C=O) groups is 1. The number of likely N-dealkylation sites (N-methyl/N-ethyl adjacent to an activating group) is 1. The van der Waals surface area contributed by atoms with Crippen LogP contribution in [-0.4, -0.2) is 53.6 Å². The molecule has 1 aromatic rings. The van der Waals surface area contributed by atoms with Gasteiger partial charge in [-0.1, -0.05) is 30.3 Å². The van der Waals surface area contributed by atoms with Crippen LogP contribution in [0.1, 0.15) is 12.0 Å². The number of likely N-dealkylation sites (tertiary alicyclic amines) is 1. The molecule has 1 aliphatic heterocycles. The van der Waals surface area contributed by atoms with E-state index in [0.29, 0.717) is 12.6 Å². The quantitative estimate of drug-likeness (QED) is 0.852. The monoisotopic (exact) mass is 248 g/mol. The van der Waals surface area contributed by atoms with Crippen LogP contribution in [0.2, 0.25) is 0 Å². The highest BCUT2D eigenvalue weighted by molar-refractivity contribution is 5.69. The number of hydrogen-bond acceptors (Lipinski definition) is 3. The van der Waals surface area contributed by atoms with Crippen molar-refractivity contribution in [3.8, 4) is 0 Å². The molecular weight excluding hydrogens is 228 g/mol. The average Bonchev–Trinajstić information content (AvgIpc) is 2.76. The topological polar surface area (TPSA) is 43.8 Å². The van der Waals surface area contributed by atoms with E-state index >= 15 is 0 Å². The van der Waals surface area contributed by atoms with Gasteiger partial charge in [0.05, 0.1) is 6.54 Å². The van der Waals surface area contributed by atoms with Crippen molar-refractivity contribution in [2.45, 2.75) is 19.0 Å². The van der Waals surface area contributed by atoms with E-state index in [-0.39, 0.29) is 6.54 Å². The molecule has 1 saturated heterocycles. The van der Waals surface area contributed by atoms with Crippen molar-refractivity contribution >= 4 is 5.97 Å². The van der Waals surface area contributed by atoms with E-state index in [4.69, 9.17) is 5.11 Å². The third kappa shape index (κ3) is 3.55. The first-order chi connectivity index (χ1) is 8.65. The number of carboxylic acids is 1. The van der Waals surface area contributed by atoms with Crippen LogP contribution in [0, 0.1) is 0 Å². The van der Waals surface area contributed by atoms with Crippen LogP contribution in [0.15, 0.2) is 30.3 Å². The molecule has 4 heteroatoms. The molecule has 1 aliphatic rings. The lowest BCUT2D eigenvalue weighted by molar-refractivity contribution is -0.139. The first-order valence-electron chi connectivity index (χ1n) is 6.33. The lowest BCUT2D eigenvalue weighted by atomic mass is 10.1. The molecule has 0 bridgehead atoms. The summed E-state index contributed by atoms with van der Waals surface area (Å²) in [5.41, 5.74) is 1.17. The Morgan fingerprint density at radius 2 is 2.17 bits per heavy atom. The van der Waals surface area contributed by atoms with Crippen molar-refractivity contribution in [1.82, 2.24) is 9.80 Å². The summed E-state index contributed by atoms with van der Waals surface area (Å²) in [4.78, 5) is 15.3. The lowest BCUT2D eigenvalue weighted by Crippen LogP contribution is -2.40. The SMILES string of the molecule is CN1CCC(N(CC(=O)O)Cc2ccccc2)C1. The summed E-state index contributed by atoms with van der Waals surface area (Å²) >= 11 is 0. The van der Waals surface area contributed by atoms with Gasteiger partial charge in [-0.2, -0.15) is 0 Å². The lowest BCUT2D eigenvalue weighted by Gasteiger charge is -2.27. The van der Waals surface area contributed by atoms with Gasteiger partial charge in [0.2, 0.25) is 0 Å². The summed E-state index contributed by atoms with van der Waals surface area (Å²) in [6, 6.07) is 10.4. The summed E-state index contributed by atoms with van der Waals surface area (Å²) in [5, 5.41) is 9.03. The summed E-state index contributed by atoms with van der Waals surface area (Å²) in [6.45, 7) is 2.84. The first-order valence-corrected chi connectivity index (χ1v) is 6.33. The highest BCUT2D eigenvalue weighted by Gasteiger charge is 2.26. The second kappa shape index (κ2) is 5.98. The zero-order valence-electron chi connectivity index (χ0n) is 10.7. The van der Waals surface area contributed by atoms with E-state index in [0.717, 1.165) is 19.5 Å². The van der Waals surface area contributed by atoms with Crippen molar-refractivity contribution in [1.29, 1.82) is 0 Å². The maximum atomic E-state index is 11.0. The molecule has 1 N–H and O–H groups in total. The minimum atomic E-state index is -0.750. The Labute approximate surface area is 108 Å². The second-order valence-corrected chi connectivity index (χ2v) is 4.99. The number of hydrogen-bond donors (Lipinski definition) is 1. The van der Waals surface area contributed by atoms with Crippen LogP contribution in [0.25, 0.3) is 0 Å². The van der Waals surface area contributed by atoms with Crippen molar-refractivity contribution in [2.24, 2.45) is 0 Å².